The highest BCUT2D eigenvalue weighted by atomic mass is 15.0. The Hall–Kier alpha value is -0.860. The molecule has 2 heteroatoms. The molecule has 0 saturated carbocycles. The third-order valence-electron chi connectivity index (χ3n) is 3.71. The lowest BCUT2D eigenvalue weighted by Crippen LogP contribution is -2.43. The SMILES string of the molecule is CCc1cccc([C@H]2NCCC[C@H]2N)c1C. The van der Waals surface area contributed by atoms with Gasteiger partial charge >= 0.3 is 0 Å². The lowest BCUT2D eigenvalue weighted by Gasteiger charge is -2.31. The van der Waals surface area contributed by atoms with E-state index in [1.807, 2.05) is 0 Å². The van der Waals surface area contributed by atoms with E-state index in [-0.39, 0.29) is 6.04 Å². The van der Waals surface area contributed by atoms with Gasteiger partial charge in [0.15, 0.2) is 0 Å². The summed E-state index contributed by atoms with van der Waals surface area (Å²) in [7, 11) is 0. The number of nitrogens with two attached hydrogens (primary N) is 1. The van der Waals surface area contributed by atoms with Crippen LogP contribution in [0.15, 0.2) is 18.2 Å². The fourth-order valence-electron chi connectivity index (χ4n) is 2.68. The Balaban J connectivity index is 2.31. The Labute approximate surface area is 98.2 Å². The zero-order valence-electron chi connectivity index (χ0n) is 10.3. The normalized spacial score (nSPS) is 25.7. The third-order valence-corrected chi connectivity index (χ3v) is 3.71. The average molecular weight is 218 g/mol. The van der Waals surface area contributed by atoms with E-state index in [9.17, 15) is 0 Å². The summed E-state index contributed by atoms with van der Waals surface area (Å²) in [4.78, 5) is 0. The van der Waals surface area contributed by atoms with Gasteiger partial charge in [-0.1, -0.05) is 25.1 Å². The Morgan fingerprint density at radius 2 is 2.25 bits per heavy atom. The molecule has 16 heavy (non-hydrogen) atoms. The molecule has 88 valence electrons. The van der Waals surface area contributed by atoms with Gasteiger partial charge in [-0.15, -0.1) is 0 Å². The molecule has 1 aromatic rings. The summed E-state index contributed by atoms with van der Waals surface area (Å²) in [5, 5.41) is 3.55. The second kappa shape index (κ2) is 4.98. The standard InChI is InChI=1S/C14H22N2/c1-3-11-6-4-7-12(10(11)2)14-13(15)8-5-9-16-14/h4,6-7,13-14,16H,3,5,8-9,15H2,1-2H3/t13-,14-/m1/s1. The van der Waals surface area contributed by atoms with Gasteiger partial charge in [0.25, 0.3) is 0 Å². The maximum atomic E-state index is 6.21. The zero-order chi connectivity index (χ0) is 11.5. The van der Waals surface area contributed by atoms with Gasteiger partial charge in [-0.25, -0.2) is 0 Å². The summed E-state index contributed by atoms with van der Waals surface area (Å²) < 4.78 is 0. The van der Waals surface area contributed by atoms with Gasteiger partial charge in [0.05, 0.1) is 0 Å². The molecule has 3 N–H and O–H groups in total. The van der Waals surface area contributed by atoms with E-state index in [1.54, 1.807) is 0 Å². The van der Waals surface area contributed by atoms with Gasteiger partial charge in [0.2, 0.25) is 0 Å². The van der Waals surface area contributed by atoms with Crippen LogP contribution in [0.3, 0.4) is 0 Å². The summed E-state index contributed by atoms with van der Waals surface area (Å²) in [5.41, 5.74) is 10.5. The molecule has 1 aliphatic rings. The minimum atomic E-state index is 0.263. The fraction of sp³-hybridized carbons (Fsp3) is 0.571. The highest BCUT2D eigenvalue weighted by Gasteiger charge is 2.24. The smallest absolute Gasteiger partial charge is 0.0476 e. The van der Waals surface area contributed by atoms with Crippen LogP contribution in [0.4, 0.5) is 0 Å². The number of hydrogen-bond donors (Lipinski definition) is 2. The predicted octanol–water partition coefficient (Wildman–Crippen LogP) is 2.31. The molecule has 1 saturated heterocycles. The lowest BCUT2D eigenvalue weighted by molar-refractivity contribution is 0.357. The van der Waals surface area contributed by atoms with Crippen LogP contribution < -0.4 is 11.1 Å². The zero-order valence-corrected chi connectivity index (χ0v) is 10.3. The van der Waals surface area contributed by atoms with Crippen molar-refractivity contribution in [2.24, 2.45) is 5.73 Å². The molecule has 0 bridgehead atoms. The van der Waals surface area contributed by atoms with Gasteiger partial charge in [0.1, 0.15) is 0 Å². The van der Waals surface area contributed by atoms with Crippen LogP contribution >= 0.6 is 0 Å². The number of piperidine rings is 1. The Bertz CT molecular complexity index is 360. The number of rotatable bonds is 2. The second-order valence-electron chi connectivity index (χ2n) is 4.72. The van der Waals surface area contributed by atoms with E-state index in [1.165, 1.54) is 23.1 Å². The molecule has 1 aliphatic heterocycles. The first-order valence-electron chi connectivity index (χ1n) is 6.31. The predicted molar refractivity (Wildman–Crippen MR) is 68.5 cm³/mol. The van der Waals surface area contributed by atoms with Gasteiger partial charge in [-0.2, -0.15) is 0 Å². The number of nitrogens with one attached hydrogen (secondary N) is 1. The Morgan fingerprint density at radius 1 is 1.44 bits per heavy atom. The van der Waals surface area contributed by atoms with Crippen molar-refractivity contribution >= 4 is 0 Å². The number of benzene rings is 1. The second-order valence-corrected chi connectivity index (χ2v) is 4.72. The van der Waals surface area contributed by atoms with Gasteiger partial charge < -0.3 is 11.1 Å². The molecule has 1 heterocycles. The van der Waals surface area contributed by atoms with E-state index in [4.69, 9.17) is 5.73 Å². The van der Waals surface area contributed by atoms with Gasteiger partial charge in [-0.3, -0.25) is 0 Å². The van der Waals surface area contributed by atoms with Gasteiger partial charge in [-0.05, 0) is 49.4 Å². The Morgan fingerprint density at radius 3 is 2.94 bits per heavy atom. The quantitative estimate of drug-likeness (QED) is 0.799. The van der Waals surface area contributed by atoms with Crippen LogP contribution in [0, 0.1) is 6.92 Å². The van der Waals surface area contributed by atoms with E-state index in [2.05, 4.69) is 37.4 Å². The first kappa shape index (κ1) is 11.6. The summed E-state index contributed by atoms with van der Waals surface area (Å²) >= 11 is 0. The molecular weight excluding hydrogens is 196 g/mol. The molecule has 0 aliphatic carbocycles. The molecule has 2 nitrogen and oxygen atoms in total. The monoisotopic (exact) mass is 218 g/mol. The van der Waals surface area contributed by atoms with Crippen LogP contribution in [0.1, 0.15) is 42.5 Å². The highest BCUT2D eigenvalue weighted by molar-refractivity contribution is 5.37. The van der Waals surface area contributed by atoms with Crippen LogP contribution in [-0.4, -0.2) is 12.6 Å². The molecule has 1 aromatic carbocycles. The van der Waals surface area contributed by atoms with E-state index in [0.29, 0.717) is 6.04 Å². The van der Waals surface area contributed by atoms with Crippen molar-refractivity contribution in [1.29, 1.82) is 0 Å². The number of aryl methyl sites for hydroxylation is 1. The van der Waals surface area contributed by atoms with Crippen molar-refractivity contribution in [2.75, 3.05) is 6.54 Å². The molecule has 2 atom stereocenters. The lowest BCUT2D eigenvalue weighted by atomic mass is 9.88. The maximum Gasteiger partial charge on any atom is 0.0476 e. The van der Waals surface area contributed by atoms with Gasteiger partial charge in [0, 0.05) is 12.1 Å². The molecule has 0 radical (unpaired) electrons. The Kier molecular flexibility index (Phi) is 3.62. The van der Waals surface area contributed by atoms with Crippen LogP contribution in [0.5, 0.6) is 0 Å². The van der Waals surface area contributed by atoms with Crippen LogP contribution in [0.2, 0.25) is 0 Å². The van der Waals surface area contributed by atoms with E-state index >= 15 is 0 Å². The third kappa shape index (κ3) is 2.13. The van der Waals surface area contributed by atoms with E-state index in [0.717, 1.165) is 19.4 Å². The largest absolute Gasteiger partial charge is 0.326 e. The van der Waals surface area contributed by atoms with E-state index < -0.39 is 0 Å². The molecule has 0 aromatic heterocycles. The summed E-state index contributed by atoms with van der Waals surface area (Å²) in [6, 6.07) is 7.20. The fourth-order valence-corrected chi connectivity index (χ4v) is 2.68. The molecule has 0 spiro atoms. The van der Waals surface area contributed by atoms with Crippen molar-refractivity contribution in [3.05, 3.63) is 34.9 Å². The van der Waals surface area contributed by atoms with Crippen molar-refractivity contribution in [2.45, 2.75) is 45.2 Å². The highest BCUT2D eigenvalue weighted by Crippen LogP contribution is 2.26. The maximum absolute atomic E-state index is 6.21. The van der Waals surface area contributed by atoms with Crippen molar-refractivity contribution in [1.82, 2.24) is 5.32 Å². The first-order chi connectivity index (χ1) is 7.74. The summed E-state index contributed by atoms with van der Waals surface area (Å²) in [6.07, 6.45) is 3.43. The average Bonchev–Trinajstić information content (AvgIpc) is 2.31. The molecule has 1 fully saturated rings. The van der Waals surface area contributed by atoms with Crippen molar-refractivity contribution in [3.63, 3.8) is 0 Å². The summed E-state index contributed by atoms with van der Waals surface area (Å²) in [5.74, 6) is 0. The van der Waals surface area contributed by atoms with Crippen LogP contribution in [-0.2, 0) is 6.42 Å². The number of hydrogen-bond acceptors (Lipinski definition) is 2. The topological polar surface area (TPSA) is 38.0 Å². The summed E-state index contributed by atoms with van der Waals surface area (Å²) in [6.45, 7) is 5.52. The molecular formula is C14H22N2. The first-order valence-corrected chi connectivity index (χ1v) is 6.31. The van der Waals surface area contributed by atoms with Crippen molar-refractivity contribution < 1.29 is 0 Å². The van der Waals surface area contributed by atoms with Crippen LogP contribution in [0.25, 0.3) is 0 Å². The molecule has 0 amide bonds. The van der Waals surface area contributed by atoms with Crippen molar-refractivity contribution in [3.8, 4) is 0 Å². The minimum absolute atomic E-state index is 0.263. The molecule has 0 unspecified atom stereocenters. The molecule has 2 rings (SSSR count). The minimum Gasteiger partial charge on any atom is -0.326 e.